The molecule has 0 saturated carbocycles. The highest BCUT2D eigenvalue weighted by Crippen LogP contribution is 2.27. The van der Waals surface area contributed by atoms with Crippen LogP contribution in [-0.2, 0) is 4.74 Å². The number of rotatable bonds is 3. The molecule has 4 aromatic rings. The maximum atomic E-state index is 12.4. The van der Waals surface area contributed by atoms with Gasteiger partial charge in [0.15, 0.2) is 0 Å². The summed E-state index contributed by atoms with van der Waals surface area (Å²) in [6.45, 7) is 8.50. The zero-order valence-electron chi connectivity index (χ0n) is 19.2. The molecular formula is C26H28N4O3. The average Bonchev–Trinajstić information content (AvgIpc) is 3.48. The van der Waals surface area contributed by atoms with E-state index in [9.17, 15) is 4.79 Å². The van der Waals surface area contributed by atoms with Gasteiger partial charge in [-0.2, -0.15) is 0 Å². The van der Waals surface area contributed by atoms with Crippen LogP contribution in [0.25, 0.3) is 27.8 Å². The highest BCUT2D eigenvalue weighted by atomic mass is 16.6. The first kappa shape index (κ1) is 21.1. The van der Waals surface area contributed by atoms with Crippen LogP contribution in [0.5, 0.6) is 0 Å². The van der Waals surface area contributed by atoms with Gasteiger partial charge < -0.3 is 19.0 Å². The average molecular weight is 445 g/mol. The maximum Gasteiger partial charge on any atom is 0.410 e. The lowest BCUT2D eigenvalue weighted by Gasteiger charge is -2.36. The number of piperazine rings is 1. The number of anilines is 1. The molecule has 7 nitrogen and oxygen atoms in total. The molecule has 33 heavy (non-hydrogen) atoms. The molecule has 2 aromatic carbocycles. The van der Waals surface area contributed by atoms with Crippen molar-refractivity contribution in [3.05, 3.63) is 67.4 Å². The standard InChI is InChI=1S/C26H28N4O3/c1-26(2,3)33-25(31)29-12-10-28(11-13-29)21-5-4-6-22(16-21)30-18-27-23-15-19(7-8-24(23)30)20-9-14-32-17-20/h4-9,14-18H,10-13H2,1-3H3. The quantitative estimate of drug-likeness (QED) is 0.427. The van der Waals surface area contributed by atoms with E-state index in [-0.39, 0.29) is 6.09 Å². The molecule has 0 unspecified atom stereocenters. The molecule has 1 aliphatic heterocycles. The second-order valence-electron chi connectivity index (χ2n) is 9.30. The third kappa shape index (κ3) is 4.44. The Labute approximate surface area is 193 Å². The summed E-state index contributed by atoms with van der Waals surface area (Å²) in [7, 11) is 0. The van der Waals surface area contributed by atoms with Gasteiger partial charge in [0.1, 0.15) is 11.9 Å². The first-order valence-corrected chi connectivity index (χ1v) is 11.2. The molecule has 170 valence electrons. The number of fused-ring (bicyclic) bond motifs is 1. The van der Waals surface area contributed by atoms with Crippen molar-refractivity contribution in [1.29, 1.82) is 0 Å². The number of nitrogens with zero attached hydrogens (tertiary/aromatic N) is 4. The summed E-state index contributed by atoms with van der Waals surface area (Å²) in [5, 5.41) is 0. The van der Waals surface area contributed by atoms with E-state index < -0.39 is 5.60 Å². The number of carbonyl (C=O) groups excluding carboxylic acids is 1. The van der Waals surface area contributed by atoms with Gasteiger partial charge in [0, 0.05) is 43.1 Å². The van der Waals surface area contributed by atoms with Crippen molar-refractivity contribution >= 4 is 22.8 Å². The van der Waals surface area contributed by atoms with Gasteiger partial charge in [-0.25, -0.2) is 9.78 Å². The van der Waals surface area contributed by atoms with Crippen LogP contribution in [0.4, 0.5) is 10.5 Å². The van der Waals surface area contributed by atoms with Crippen molar-refractivity contribution in [1.82, 2.24) is 14.5 Å². The lowest BCUT2D eigenvalue weighted by atomic mass is 10.1. The van der Waals surface area contributed by atoms with Crippen LogP contribution in [0, 0.1) is 0 Å². The van der Waals surface area contributed by atoms with Gasteiger partial charge in [0.2, 0.25) is 0 Å². The van der Waals surface area contributed by atoms with Crippen LogP contribution < -0.4 is 4.90 Å². The summed E-state index contributed by atoms with van der Waals surface area (Å²) in [4.78, 5) is 21.1. The minimum Gasteiger partial charge on any atom is -0.472 e. The first-order chi connectivity index (χ1) is 15.9. The van der Waals surface area contributed by atoms with Crippen LogP contribution in [-0.4, -0.2) is 52.3 Å². The van der Waals surface area contributed by atoms with Gasteiger partial charge in [0.25, 0.3) is 0 Å². The lowest BCUT2D eigenvalue weighted by molar-refractivity contribution is 0.0240. The lowest BCUT2D eigenvalue weighted by Crippen LogP contribution is -2.50. The molecule has 1 saturated heterocycles. The predicted molar refractivity (Wildman–Crippen MR) is 129 cm³/mol. The summed E-state index contributed by atoms with van der Waals surface area (Å²) in [6, 6.07) is 16.7. The molecule has 5 rings (SSSR count). The molecule has 1 amide bonds. The Balaban J connectivity index is 1.33. The molecular weight excluding hydrogens is 416 g/mol. The van der Waals surface area contributed by atoms with Crippen LogP contribution in [0.3, 0.4) is 0 Å². The van der Waals surface area contributed by atoms with Gasteiger partial charge in [-0.1, -0.05) is 12.1 Å². The molecule has 7 heteroatoms. The molecule has 0 radical (unpaired) electrons. The first-order valence-electron chi connectivity index (χ1n) is 11.2. The molecule has 0 aliphatic carbocycles. The van der Waals surface area contributed by atoms with Gasteiger partial charge in [-0.05, 0) is 62.7 Å². The number of furan rings is 1. The van der Waals surface area contributed by atoms with Crippen molar-refractivity contribution in [3.63, 3.8) is 0 Å². The third-order valence-corrected chi connectivity index (χ3v) is 5.81. The Morgan fingerprint density at radius 2 is 1.76 bits per heavy atom. The number of benzene rings is 2. The van der Waals surface area contributed by atoms with Crippen molar-refractivity contribution in [3.8, 4) is 16.8 Å². The Bertz CT molecular complexity index is 1260. The minimum atomic E-state index is -0.477. The summed E-state index contributed by atoms with van der Waals surface area (Å²) >= 11 is 0. The summed E-state index contributed by atoms with van der Waals surface area (Å²) in [6.07, 6.45) is 5.04. The second kappa shape index (κ2) is 8.31. The van der Waals surface area contributed by atoms with Gasteiger partial charge >= 0.3 is 6.09 Å². The van der Waals surface area contributed by atoms with Crippen LogP contribution >= 0.6 is 0 Å². The van der Waals surface area contributed by atoms with Crippen LogP contribution in [0.15, 0.2) is 71.8 Å². The van der Waals surface area contributed by atoms with E-state index >= 15 is 0 Å². The summed E-state index contributed by atoms with van der Waals surface area (Å²) < 4.78 is 12.8. The topological polar surface area (TPSA) is 63.7 Å². The SMILES string of the molecule is CC(C)(C)OC(=O)N1CCN(c2cccc(-n3cnc4cc(-c5ccoc5)ccc43)c2)CC1. The van der Waals surface area contributed by atoms with Crippen molar-refractivity contribution in [2.75, 3.05) is 31.1 Å². The molecule has 0 spiro atoms. The van der Waals surface area contributed by atoms with E-state index in [4.69, 9.17) is 9.15 Å². The Morgan fingerprint density at radius 1 is 0.970 bits per heavy atom. The summed E-state index contributed by atoms with van der Waals surface area (Å²) in [5.41, 5.74) is 5.82. The number of carbonyl (C=O) groups is 1. The Kier molecular flexibility index (Phi) is 5.32. The Hall–Kier alpha value is -3.74. The molecule has 3 heterocycles. The fourth-order valence-corrected chi connectivity index (χ4v) is 4.14. The highest BCUT2D eigenvalue weighted by molar-refractivity contribution is 5.83. The fraction of sp³-hybridized carbons (Fsp3) is 0.308. The molecule has 0 atom stereocenters. The van der Waals surface area contributed by atoms with E-state index in [1.54, 1.807) is 17.4 Å². The zero-order valence-corrected chi connectivity index (χ0v) is 19.2. The molecule has 1 fully saturated rings. The predicted octanol–water partition coefficient (Wildman–Crippen LogP) is 5.34. The number of imidazole rings is 1. The zero-order chi connectivity index (χ0) is 23.0. The number of aromatic nitrogens is 2. The number of hydrogen-bond acceptors (Lipinski definition) is 5. The molecule has 0 N–H and O–H groups in total. The maximum absolute atomic E-state index is 12.4. The van der Waals surface area contributed by atoms with Crippen LogP contribution in [0.1, 0.15) is 20.8 Å². The second-order valence-corrected chi connectivity index (χ2v) is 9.30. The normalized spacial score (nSPS) is 14.6. The monoisotopic (exact) mass is 444 g/mol. The largest absolute Gasteiger partial charge is 0.472 e. The fourth-order valence-electron chi connectivity index (χ4n) is 4.14. The Morgan fingerprint density at radius 3 is 2.48 bits per heavy atom. The molecule has 0 bridgehead atoms. The van der Waals surface area contributed by atoms with E-state index in [0.29, 0.717) is 13.1 Å². The van der Waals surface area contributed by atoms with Gasteiger partial charge in [-0.3, -0.25) is 4.57 Å². The van der Waals surface area contributed by atoms with Crippen molar-refractivity contribution in [2.45, 2.75) is 26.4 Å². The van der Waals surface area contributed by atoms with E-state index in [1.165, 1.54) is 0 Å². The smallest absolute Gasteiger partial charge is 0.410 e. The number of ether oxygens (including phenoxy) is 1. The number of amides is 1. The summed E-state index contributed by atoms with van der Waals surface area (Å²) in [5.74, 6) is 0. The molecule has 1 aliphatic rings. The number of hydrogen-bond donors (Lipinski definition) is 0. The van der Waals surface area contributed by atoms with Crippen molar-refractivity contribution in [2.24, 2.45) is 0 Å². The molecule has 2 aromatic heterocycles. The highest BCUT2D eigenvalue weighted by Gasteiger charge is 2.26. The third-order valence-electron chi connectivity index (χ3n) is 5.81. The van der Waals surface area contributed by atoms with Gasteiger partial charge in [-0.15, -0.1) is 0 Å². The van der Waals surface area contributed by atoms with Gasteiger partial charge in [0.05, 0.1) is 23.6 Å². The van der Waals surface area contributed by atoms with Crippen LogP contribution in [0.2, 0.25) is 0 Å². The van der Waals surface area contributed by atoms with E-state index in [2.05, 4.69) is 56.9 Å². The van der Waals surface area contributed by atoms with Crippen molar-refractivity contribution < 1.29 is 13.9 Å². The van der Waals surface area contributed by atoms with E-state index in [1.807, 2.05) is 33.2 Å². The van der Waals surface area contributed by atoms with E-state index in [0.717, 1.165) is 46.6 Å². The minimum absolute atomic E-state index is 0.240.